The number of anilines is 2. The van der Waals surface area contributed by atoms with Crippen LogP contribution in [0.25, 0.3) is 32.9 Å². The van der Waals surface area contributed by atoms with Gasteiger partial charge >= 0.3 is 0 Å². The maximum absolute atomic E-state index is 13.2. The molecule has 7 aromatic rings. The van der Waals surface area contributed by atoms with E-state index in [9.17, 15) is 9.59 Å². The summed E-state index contributed by atoms with van der Waals surface area (Å²) in [5.74, 6) is 1.15. The highest BCUT2D eigenvalue weighted by molar-refractivity contribution is 9.10. The summed E-state index contributed by atoms with van der Waals surface area (Å²) in [6.45, 7) is 14.6. The molecule has 0 fully saturated rings. The van der Waals surface area contributed by atoms with Crippen LogP contribution in [0.15, 0.2) is 105 Å². The Labute approximate surface area is 319 Å². The predicted octanol–water partition coefficient (Wildman–Crippen LogP) is 10.2. The number of halogens is 3. The second-order valence-corrected chi connectivity index (χ2v) is 16.1. The fourth-order valence-electron chi connectivity index (χ4n) is 5.65. The van der Waals surface area contributed by atoms with Crippen LogP contribution < -0.4 is 16.4 Å². The minimum Gasteiger partial charge on any atom is -0.321 e. The van der Waals surface area contributed by atoms with Crippen LogP contribution in [0.1, 0.15) is 58.4 Å². The number of aryl methyl sites for hydroxylation is 1. The number of fused-ring (bicyclic) bond motifs is 2. The summed E-state index contributed by atoms with van der Waals surface area (Å²) in [7, 11) is 0. The van der Waals surface area contributed by atoms with Crippen molar-refractivity contribution in [2.45, 2.75) is 59.3 Å². The first-order valence-electron chi connectivity index (χ1n) is 16.6. The van der Waals surface area contributed by atoms with Gasteiger partial charge in [0.2, 0.25) is 0 Å². The molecule has 0 saturated heterocycles. The molecule has 0 atom stereocenters. The van der Waals surface area contributed by atoms with Crippen LogP contribution in [0.4, 0.5) is 11.6 Å². The van der Waals surface area contributed by atoms with E-state index in [0.717, 1.165) is 27.6 Å². The Hall–Kier alpha value is -4.77. The molecule has 2 N–H and O–H groups in total. The van der Waals surface area contributed by atoms with Crippen LogP contribution in [0.3, 0.4) is 0 Å². The lowest BCUT2D eigenvalue weighted by molar-refractivity contribution is 0.589. The van der Waals surface area contributed by atoms with E-state index >= 15 is 0 Å². The molecule has 12 heteroatoms. The van der Waals surface area contributed by atoms with Crippen molar-refractivity contribution < 1.29 is 0 Å². The monoisotopic (exact) mass is 797 g/mol. The van der Waals surface area contributed by atoms with Gasteiger partial charge in [-0.2, -0.15) is 19.6 Å². The van der Waals surface area contributed by atoms with E-state index < -0.39 is 0 Å². The normalized spacial score (nSPS) is 11.8. The van der Waals surface area contributed by atoms with Gasteiger partial charge in [0.05, 0.1) is 32.2 Å². The van der Waals surface area contributed by atoms with Crippen molar-refractivity contribution in [3.8, 4) is 11.4 Å². The average molecular weight is 800 g/mol. The molecule has 266 valence electrons. The van der Waals surface area contributed by atoms with E-state index in [1.807, 2.05) is 85.8 Å². The number of rotatable bonds is 4. The molecule has 0 unspecified atom stereocenters. The smallest absolute Gasteiger partial charge is 0.279 e. The largest absolute Gasteiger partial charge is 0.321 e. The van der Waals surface area contributed by atoms with Gasteiger partial charge in [0, 0.05) is 22.5 Å². The van der Waals surface area contributed by atoms with Crippen LogP contribution in [0.2, 0.25) is 10.0 Å². The summed E-state index contributed by atoms with van der Waals surface area (Å²) in [6.07, 6.45) is 0. The zero-order valence-electron chi connectivity index (χ0n) is 29.8. The third kappa shape index (κ3) is 7.55. The molecule has 0 radical (unpaired) electrons. The molecule has 0 aliphatic heterocycles. The van der Waals surface area contributed by atoms with Crippen molar-refractivity contribution in [1.29, 1.82) is 0 Å². The molecule has 0 bridgehead atoms. The van der Waals surface area contributed by atoms with Gasteiger partial charge in [-0.05, 0) is 81.2 Å². The summed E-state index contributed by atoms with van der Waals surface area (Å²) < 4.78 is 3.31. The summed E-state index contributed by atoms with van der Waals surface area (Å²) in [5, 5.41) is 22.9. The van der Waals surface area contributed by atoms with Gasteiger partial charge in [-0.25, -0.2) is 0 Å². The highest BCUT2D eigenvalue weighted by Crippen LogP contribution is 2.31. The molecule has 0 spiro atoms. The minimum atomic E-state index is -0.227. The fourth-order valence-corrected chi connectivity index (χ4v) is 6.68. The predicted molar refractivity (Wildman–Crippen MR) is 216 cm³/mol. The number of benzene rings is 4. The minimum absolute atomic E-state index is 0.00940. The fraction of sp³-hybridized carbons (Fsp3) is 0.225. The second kappa shape index (κ2) is 14.3. The number of aromatic nitrogens is 6. The molecule has 0 aliphatic carbocycles. The first-order chi connectivity index (χ1) is 24.5. The van der Waals surface area contributed by atoms with Gasteiger partial charge in [0.15, 0.2) is 11.6 Å². The number of nitrogens with one attached hydrogen (secondary N) is 2. The van der Waals surface area contributed by atoms with Crippen LogP contribution >= 0.6 is 39.1 Å². The van der Waals surface area contributed by atoms with E-state index in [4.69, 9.17) is 23.2 Å². The number of hydrogen-bond donors (Lipinski definition) is 2. The first kappa shape index (κ1) is 37.0. The molecule has 3 heterocycles. The maximum atomic E-state index is 13.2. The molecular weight excluding hydrogens is 761 g/mol. The van der Waals surface area contributed by atoms with Crippen LogP contribution in [-0.4, -0.2) is 29.8 Å². The van der Waals surface area contributed by atoms with Crippen molar-refractivity contribution in [3.63, 3.8) is 0 Å². The summed E-state index contributed by atoms with van der Waals surface area (Å²) in [6, 6.07) is 28.0. The average Bonchev–Trinajstić information content (AvgIpc) is 3.51. The van der Waals surface area contributed by atoms with Gasteiger partial charge in [-0.15, -0.1) is 5.10 Å². The van der Waals surface area contributed by atoms with E-state index in [0.29, 0.717) is 48.4 Å². The summed E-state index contributed by atoms with van der Waals surface area (Å²) in [5.41, 5.74) is 3.77. The topological polar surface area (TPSA) is 110 Å². The van der Waals surface area contributed by atoms with Gasteiger partial charge in [0.1, 0.15) is 4.60 Å². The van der Waals surface area contributed by atoms with Crippen molar-refractivity contribution in [3.05, 3.63) is 143 Å². The molecule has 0 aliphatic rings. The summed E-state index contributed by atoms with van der Waals surface area (Å²) in [4.78, 5) is 25.9. The third-order valence-corrected chi connectivity index (χ3v) is 9.79. The van der Waals surface area contributed by atoms with E-state index in [1.54, 1.807) is 12.1 Å². The first-order valence-corrected chi connectivity index (χ1v) is 18.2. The zero-order valence-corrected chi connectivity index (χ0v) is 32.9. The number of nitrogens with zero attached hydrogens (tertiary/aromatic N) is 5. The standard InChI is InChI=1S/C22H22ClN5O.C18H16BrClN2O/c1-13-11-19(26-25-13)24-20-15-7-5-6-8-16(15)21(29)28(27-20)18-10-9-14(12-17(18)23)22(2,3)4;1-18(2,3)11-8-9-15(14(20)10-11)22-17(23)13-7-5-4-6-12(13)16(19)21-22/h5-12H,1-4H3,(H2,24,25,26,27);4-10H,1-3H3. The quantitative estimate of drug-likeness (QED) is 0.183. The van der Waals surface area contributed by atoms with E-state index in [1.165, 1.54) is 9.36 Å². The van der Waals surface area contributed by atoms with Gasteiger partial charge in [-0.3, -0.25) is 14.7 Å². The van der Waals surface area contributed by atoms with Crippen molar-refractivity contribution in [2.24, 2.45) is 0 Å². The van der Waals surface area contributed by atoms with Crippen LogP contribution in [0.5, 0.6) is 0 Å². The molecule has 7 rings (SSSR count). The Bertz CT molecular complexity index is 2580. The Balaban J connectivity index is 0.000000183. The molecule has 4 aromatic carbocycles. The molecule has 52 heavy (non-hydrogen) atoms. The Morgan fingerprint density at radius 3 is 1.58 bits per heavy atom. The highest BCUT2D eigenvalue weighted by atomic mass is 79.9. The van der Waals surface area contributed by atoms with Gasteiger partial charge in [-0.1, -0.05) is 113 Å². The molecule has 3 aromatic heterocycles. The molecule has 0 saturated carbocycles. The lowest BCUT2D eigenvalue weighted by atomic mass is 9.87. The Kier molecular flexibility index (Phi) is 10.2. The van der Waals surface area contributed by atoms with Crippen molar-refractivity contribution in [2.75, 3.05) is 5.32 Å². The molecule has 0 amide bonds. The van der Waals surface area contributed by atoms with Crippen molar-refractivity contribution in [1.82, 2.24) is 29.8 Å². The number of H-pyrrole nitrogens is 1. The van der Waals surface area contributed by atoms with Gasteiger partial charge < -0.3 is 5.32 Å². The Morgan fingerprint density at radius 1 is 0.654 bits per heavy atom. The second-order valence-electron chi connectivity index (χ2n) is 14.6. The van der Waals surface area contributed by atoms with Crippen molar-refractivity contribution >= 4 is 72.3 Å². The molecular formula is C40H38BrCl2N7O2. The SMILES string of the molecule is CC(C)(C)c1ccc(-n2nc(Br)c3ccccc3c2=O)c(Cl)c1.Cc1cc(Nc2nn(-c3ccc(C(C)(C)C)cc3Cl)c(=O)c3ccccc23)n[nH]1. The van der Waals surface area contributed by atoms with Gasteiger partial charge in [0.25, 0.3) is 11.1 Å². The number of aromatic amines is 1. The lowest BCUT2D eigenvalue weighted by Crippen LogP contribution is -2.23. The zero-order chi connectivity index (χ0) is 37.5. The summed E-state index contributed by atoms with van der Waals surface area (Å²) >= 11 is 16.4. The Morgan fingerprint density at radius 2 is 1.12 bits per heavy atom. The van der Waals surface area contributed by atoms with Crippen LogP contribution in [0, 0.1) is 6.92 Å². The highest BCUT2D eigenvalue weighted by Gasteiger charge is 2.20. The lowest BCUT2D eigenvalue weighted by Gasteiger charge is -2.20. The molecule has 9 nitrogen and oxygen atoms in total. The van der Waals surface area contributed by atoms with E-state index in [-0.39, 0.29) is 21.9 Å². The van der Waals surface area contributed by atoms with Crippen LogP contribution in [-0.2, 0) is 10.8 Å². The van der Waals surface area contributed by atoms with E-state index in [2.05, 4.69) is 83.2 Å². The maximum Gasteiger partial charge on any atom is 0.279 e. The third-order valence-electron chi connectivity index (χ3n) is 8.60. The number of hydrogen-bond acceptors (Lipinski definition) is 6.